The molecule has 0 aliphatic rings. The molecule has 0 atom stereocenters. The molecule has 1 rings (SSSR count). The van der Waals surface area contributed by atoms with Crippen LogP contribution < -0.4 is 11.1 Å². The summed E-state index contributed by atoms with van der Waals surface area (Å²) in [5, 5.41) is 2.44. The fraction of sp³-hybridized carbons (Fsp3) is 0.500. The summed E-state index contributed by atoms with van der Waals surface area (Å²) < 4.78 is 35.3. The molecule has 1 aromatic rings. The van der Waals surface area contributed by atoms with Gasteiger partial charge in [0.15, 0.2) is 0 Å². The first kappa shape index (κ1) is 13.1. The fourth-order valence-corrected chi connectivity index (χ4v) is 1.38. The maximum absolute atomic E-state index is 11.8. The molecule has 0 spiro atoms. The molecule has 0 bridgehead atoms. The van der Waals surface area contributed by atoms with Crippen molar-refractivity contribution in [1.82, 2.24) is 15.0 Å². The number of thioether (sulfide) groups is 1. The number of halogens is 4. The third-order valence-corrected chi connectivity index (χ3v) is 2.18. The van der Waals surface area contributed by atoms with Crippen molar-refractivity contribution in [3.05, 3.63) is 5.28 Å². The molecule has 0 unspecified atom stereocenters. The van der Waals surface area contributed by atoms with E-state index < -0.39 is 5.51 Å². The van der Waals surface area contributed by atoms with E-state index in [1.807, 2.05) is 0 Å². The minimum Gasteiger partial charge on any atom is -0.368 e. The van der Waals surface area contributed by atoms with Gasteiger partial charge in [0.05, 0.1) is 0 Å². The smallest absolute Gasteiger partial charge is 0.368 e. The van der Waals surface area contributed by atoms with E-state index in [9.17, 15) is 13.2 Å². The van der Waals surface area contributed by atoms with Crippen molar-refractivity contribution in [3.8, 4) is 0 Å². The maximum atomic E-state index is 11.8. The zero-order valence-corrected chi connectivity index (χ0v) is 9.33. The molecule has 0 aliphatic carbocycles. The summed E-state index contributed by atoms with van der Waals surface area (Å²) in [7, 11) is 0. The zero-order chi connectivity index (χ0) is 12.2. The maximum Gasteiger partial charge on any atom is 0.441 e. The van der Waals surface area contributed by atoms with Gasteiger partial charge in [-0.1, -0.05) is 0 Å². The van der Waals surface area contributed by atoms with Crippen LogP contribution in [0.5, 0.6) is 0 Å². The molecule has 0 saturated heterocycles. The molecule has 1 aromatic heterocycles. The van der Waals surface area contributed by atoms with Gasteiger partial charge in [0, 0.05) is 12.3 Å². The number of anilines is 2. The predicted octanol–water partition coefficient (Wildman–Crippen LogP) is 1.77. The second kappa shape index (κ2) is 5.39. The Kier molecular flexibility index (Phi) is 4.42. The first-order chi connectivity index (χ1) is 7.37. The van der Waals surface area contributed by atoms with Gasteiger partial charge in [0.2, 0.25) is 17.2 Å². The van der Waals surface area contributed by atoms with Crippen molar-refractivity contribution in [3.63, 3.8) is 0 Å². The summed E-state index contributed by atoms with van der Waals surface area (Å²) >= 11 is 5.33. The van der Waals surface area contributed by atoms with Gasteiger partial charge in [0.25, 0.3) is 0 Å². The molecule has 0 aliphatic heterocycles. The number of hydrogen-bond donors (Lipinski definition) is 2. The molecule has 0 amide bonds. The van der Waals surface area contributed by atoms with E-state index in [-0.39, 0.29) is 41.2 Å². The molecular formula is C6H7ClF3N5S. The molecule has 0 aromatic carbocycles. The van der Waals surface area contributed by atoms with Crippen LogP contribution in [0.4, 0.5) is 25.1 Å². The van der Waals surface area contributed by atoms with Crippen LogP contribution in [-0.2, 0) is 0 Å². The van der Waals surface area contributed by atoms with Crippen LogP contribution in [0.3, 0.4) is 0 Å². The average molecular weight is 274 g/mol. The quantitative estimate of drug-likeness (QED) is 0.814. The van der Waals surface area contributed by atoms with Crippen molar-refractivity contribution in [2.45, 2.75) is 5.51 Å². The Morgan fingerprint density at radius 2 is 2.00 bits per heavy atom. The number of nitrogens with zero attached hydrogens (tertiary/aromatic N) is 3. The fourth-order valence-electron chi connectivity index (χ4n) is 0.774. The number of rotatable bonds is 4. The van der Waals surface area contributed by atoms with Crippen LogP contribution in [0.25, 0.3) is 0 Å². The third kappa shape index (κ3) is 5.21. The van der Waals surface area contributed by atoms with Crippen LogP contribution in [0, 0.1) is 0 Å². The van der Waals surface area contributed by atoms with E-state index in [1.54, 1.807) is 0 Å². The largest absolute Gasteiger partial charge is 0.441 e. The second-order valence-electron chi connectivity index (χ2n) is 2.51. The van der Waals surface area contributed by atoms with Gasteiger partial charge in [-0.15, -0.1) is 0 Å². The van der Waals surface area contributed by atoms with E-state index in [4.69, 9.17) is 17.3 Å². The standard InChI is InChI=1S/C6H7ClF3N5S/c7-3-13-4(11)15-5(14-3)12-1-2-16-6(8,9)10/h1-2H2,(H3,11,12,13,14,15). The van der Waals surface area contributed by atoms with E-state index in [0.717, 1.165) is 0 Å². The van der Waals surface area contributed by atoms with Crippen molar-refractivity contribution < 1.29 is 13.2 Å². The molecule has 0 saturated carbocycles. The lowest BCUT2D eigenvalue weighted by Gasteiger charge is -2.06. The van der Waals surface area contributed by atoms with Crippen molar-refractivity contribution in [2.24, 2.45) is 0 Å². The minimum atomic E-state index is -4.24. The lowest BCUT2D eigenvalue weighted by molar-refractivity contribution is -0.0327. The monoisotopic (exact) mass is 273 g/mol. The van der Waals surface area contributed by atoms with Crippen molar-refractivity contribution in [1.29, 1.82) is 0 Å². The highest BCUT2D eigenvalue weighted by molar-refractivity contribution is 8.00. The molecule has 3 N–H and O–H groups in total. The van der Waals surface area contributed by atoms with Crippen LogP contribution >= 0.6 is 23.4 Å². The normalized spacial score (nSPS) is 11.5. The number of nitrogen functional groups attached to an aromatic ring is 1. The van der Waals surface area contributed by atoms with Gasteiger partial charge < -0.3 is 11.1 Å². The topological polar surface area (TPSA) is 76.7 Å². The molecule has 0 radical (unpaired) electrons. The van der Waals surface area contributed by atoms with Gasteiger partial charge in [-0.2, -0.15) is 28.1 Å². The molecule has 90 valence electrons. The number of nitrogens with two attached hydrogens (primary N) is 1. The molecule has 5 nitrogen and oxygen atoms in total. The Balaban J connectivity index is 2.37. The summed E-state index contributed by atoms with van der Waals surface area (Å²) in [5.41, 5.74) is 1.02. The summed E-state index contributed by atoms with van der Waals surface area (Å²) in [6.45, 7) is 0.0456. The van der Waals surface area contributed by atoms with Gasteiger partial charge in [-0.3, -0.25) is 0 Å². The van der Waals surface area contributed by atoms with Gasteiger partial charge in [-0.05, 0) is 23.4 Å². The van der Waals surface area contributed by atoms with E-state index in [1.165, 1.54) is 0 Å². The Labute approximate surface area is 98.0 Å². The zero-order valence-electron chi connectivity index (χ0n) is 7.75. The molecular weight excluding hydrogens is 267 g/mol. The number of nitrogens with one attached hydrogen (secondary N) is 1. The highest BCUT2D eigenvalue weighted by Gasteiger charge is 2.27. The van der Waals surface area contributed by atoms with Gasteiger partial charge >= 0.3 is 5.51 Å². The Morgan fingerprint density at radius 3 is 2.56 bits per heavy atom. The number of hydrogen-bond acceptors (Lipinski definition) is 6. The highest BCUT2D eigenvalue weighted by Crippen LogP contribution is 2.29. The first-order valence-electron chi connectivity index (χ1n) is 3.98. The Morgan fingerprint density at radius 1 is 1.31 bits per heavy atom. The van der Waals surface area contributed by atoms with Gasteiger partial charge in [0.1, 0.15) is 0 Å². The van der Waals surface area contributed by atoms with Crippen LogP contribution in [0.2, 0.25) is 5.28 Å². The van der Waals surface area contributed by atoms with Crippen molar-refractivity contribution in [2.75, 3.05) is 23.3 Å². The molecule has 16 heavy (non-hydrogen) atoms. The molecule has 0 fully saturated rings. The lowest BCUT2D eigenvalue weighted by atomic mass is 10.7. The Hall–Kier alpha value is -0.960. The highest BCUT2D eigenvalue weighted by atomic mass is 35.5. The molecule has 1 heterocycles. The van der Waals surface area contributed by atoms with E-state index in [0.29, 0.717) is 0 Å². The van der Waals surface area contributed by atoms with Gasteiger partial charge in [-0.25, -0.2) is 0 Å². The lowest BCUT2D eigenvalue weighted by Crippen LogP contribution is -2.12. The van der Waals surface area contributed by atoms with E-state index >= 15 is 0 Å². The predicted molar refractivity (Wildman–Crippen MR) is 56.3 cm³/mol. The van der Waals surface area contributed by atoms with Crippen LogP contribution in [-0.4, -0.2) is 32.8 Å². The number of alkyl halides is 3. The first-order valence-corrected chi connectivity index (χ1v) is 5.35. The summed E-state index contributed by atoms with van der Waals surface area (Å²) in [4.78, 5) is 10.8. The summed E-state index contributed by atoms with van der Waals surface area (Å²) in [5.74, 6) is -0.196. The molecule has 10 heteroatoms. The van der Waals surface area contributed by atoms with Crippen LogP contribution in [0.1, 0.15) is 0 Å². The summed E-state index contributed by atoms with van der Waals surface area (Å²) in [6.07, 6.45) is 0. The van der Waals surface area contributed by atoms with Crippen LogP contribution in [0.15, 0.2) is 0 Å². The number of aromatic nitrogens is 3. The SMILES string of the molecule is Nc1nc(Cl)nc(NCCSC(F)(F)F)n1. The second-order valence-corrected chi connectivity index (χ2v) is 4.01. The third-order valence-electron chi connectivity index (χ3n) is 1.28. The average Bonchev–Trinajstić information content (AvgIpc) is 2.09. The Bertz CT molecular complexity index is 340. The van der Waals surface area contributed by atoms with E-state index in [2.05, 4.69) is 20.3 Å². The van der Waals surface area contributed by atoms with Crippen molar-refractivity contribution >= 4 is 35.3 Å². The minimum absolute atomic E-state index is 0.0456. The summed E-state index contributed by atoms with van der Waals surface area (Å²) in [6, 6.07) is 0.